The third kappa shape index (κ3) is 3.10. The molecule has 3 fully saturated rings. The van der Waals surface area contributed by atoms with E-state index in [9.17, 15) is 4.79 Å². The number of likely N-dealkylation sites (N-methyl/N-ethyl adjacent to an activating group) is 1. The highest BCUT2D eigenvalue weighted by atomic mass is 16.2. The van der Waals surface area contributed by atoms with Gasteiger partial charge in [0, 0.05) is 18.5 Å². The van der Waals surface area contributed by atoms with Gasteiger partial charge >= 0.3 is 0 Å². The van der Waals surface area contributed by atoms with Crippen molar-refractivity contribution in [2.24, 2.45) is 34.5 Å². The molecule has 3 aliphatic carbocycles. The standard InChI is InChI=1S/C26H36N4O/c1-5-17(14-23-28-15-27-16-29-23)19-7-8-20-18-6-9-22-26(3,13-11-24(31)30(22)4)21(18)10-12-25(19,20)2/h11,13-16,18-22H,5-10,12H2,1-4H3/t18-,19+,20-,21-,22?,25+,26+/m0/s1. The molecule has 5 nitrogen and oxygen atoms in total. The van der Waals surface area contributed by atoms with Crippen molar-refractivity contribution < 1.29 is 4.79 Å². The van der Waals surface area contributed by atoms with Gasteiger partial charge in [0.25, 0.3) is 0 Å². The second-order valence-corrected chi connectivity index (χ2v) is 10.9. The fraction of sp³-hybridized carbons (Fsp3) is 0.692. The van der Waals surface area contributed by atoms with E-state index in [1.54, 1.807) is 12.7 Å². The van der Waals surface area contributed by atoms with Gasteiger partial charge in [-0.1, -0.05) is 32.4 Å². The maximum absolute atomic E-state index is 12.3. The molecule has 1 aromatic rings. The van der Waals surface area contributed by atoms with E-state index in [2.05, 4.69) is 47.9 Å². The molecule has 0 saturated heterocycles. The van der Waals surface area contributed by atoms with Crippen molar-refractivity contribution in [2.45, 2.75) is 71.8 Å². The SMILES string of the molecule is CCC(=Cc1ncncn1)[C@H]1CC[C@H]2[C@@H]3CCC4N(C)C(=O)C=C[C@]4(C)[C@H]3CC[C@]12C. The minimum Gasteiger partial charge on any atom is -0.338 e. The fourth-order valence-electron chi connectivity index (χ4n) is 8.28. The number of fused-ring (bicyclic) bond motifs is 5. The molecule has 5 rings (SSSR count). The lowest BCUT2D eigenvalue weighted by Crippen LogP contribution is -2.59. The number of nitrogens with zero attached hydrogens (tertiary/aromatic N) is 4. The maximum Gasteiger partial charge on any atom is 0.246 e. The number of carbonyl (C=O) groups is 1. The summed E-state index contributed by atoms with van der Waals surface area (Å²) >= 11 is 0. The van der Waals surface area contributed by atoms with Crippen LogP contribution in [0.1, 0.15) is 71.5 Å². The van der Waals surface area contributed by atoms with Crippen LogP contribution < -0.4 is 0 Å². The Labute approximate surface area is 186 Å². The topological polar surface area (TPSA) is 59.0 Å². The zero-order valence-electron chi connectivity index (χ0n) is 19.4. The lowest BCUT2D eigenvalue weighted by atomic mass is 9.47. The average molecular weight is 421 g/mol. The number of amides is 1. The van der Waals surface area contributed by atoms with Crippen molar-refractivity contribution in [1.82, 2.24) is 19.9 Å². The van der Waals surface area contributed by atoms with Crippen LogP contribution in [0.15, 0.2) is 30.4 Å². The second kappa shape index (κ2) is 7.53. The Bertz CT molecular complexity index is 911. The Hall–Kier alpha value is -2.04. The Morgan fingerprint density at radius 2 is 1.90 bits per heavy atom. The first-order valence-corrected chi connectivity index (χ1v) is 12.2. The molecule has 2 heterocycles. The molecule has 0 bridgehead atoms. The molecule has 166 valence electrons. The summed E-state index contributed by atoms with van der Waals surface area (Å²) < 4.78 is 0. The van der Waals surface area contributed by atoms with Gasteiger partial charge in [0.1, 0.15) is 12.7 Å². The summed E-state index contributed by atoms with van der Waals surface area (Å²) in [5.74, 6) is 3.83. The molecule has 0 spiro atoms. The van der Waals surface area contributed by atoms with E-state index in [4.69, 9.17) is 0 Å². The summed E-state index contributed by atoms with van der Waals surface area (Å²) in [6.07, 6.45) is 18.2. The number of hydrogen-bond donors (Lipinski definition) is 0. The minimum atomic E-state index is 0.124. The lowest BCUT2D eigenvalue weighted by Gasteiger charge is -2.60. The van der Waals surface area contributed by atoms with Gasteiger partial charge in [-0.3, -0.25) is 4.79 Å². The molecule has 1 unspecified atom stereocenters. The maximum atomic E-state index is 12.3. The molecule has 1 amide bonds. The molecule has 0 radical (unpaired) electrons. The van der Waals surface area contributed by atoms with Gasteiger partial charge in [0.05, 0.1) is 0 Å². The van der Waals surface area contributed by atoms with Crippen molar-refractivity contribution in [1.29, 1.82) is 0 Å². The zero-order chi connectivity index (χ0) is 21.8. The molecule has 0 aromatic carbocycles. The third-order valence-electron chi connectivity index (χ3n) is 9.81. The van der Waals surface area contributed by atoms with Crippen LogP contribution in [-0.2, 0) is 4.79 Å². The first kappa shape index (κ1) is 20.8. The summed E-state index contributed by atoms with van der Waals surface area (Å²) in [5.41, 5.74) is 2.00. The number of rotatable bonds is 3. The summed E-state index contributed by atoms with van der Waals surface area (Å²) in [5, 5.41) is 0. The van der Waals surface area contributed by atoms with E-state index in [0.717, 1.165) is 30.5 Å². The van der Waals surface area contributed by atoms with Crippen LogP contribution in [0.25, 0.3) is 6.08 Å². The van der Waals surface area contributed by atoms with Crippen molar-refractivity contribution in [3.63, 3.8) is 0 Å². The van der Waals surface area contributed by atoms with Crippen LogP contribution in [0.3, 0.4) is 0 Å². The lowest BCUT2D eigenvalue weighted by molar-refractivity contribution is -0.138. The van der Waals surface area contributed by atoms with Crippen LogP contribution in [-0.4, -0.2) is 38.8 Å². The van der Waals surface area contributed by atoms with E-state index in [-0.39, 0.29) is 11.3 Å². The minimum absolute atomic E-state index is 0.124. The predicted octanol–water partition coefficient (Wildman–Crippen LogP) is 4.92. The highest BCUT2D eigenvalue weighted by Crippen LogP contribution is 2.66. The van der Waals surface area contributed by atoms with Crippen LogP contribution in [0.4, 0.5) is 0 Å². The van der Waals surface area contributed by atoms with Crippen LogP contribution in [0.5, 0.6) is 0 Å². The van der Waals surface area contributed by atoms with Crippen LogP contribution in [0, 0.1) is 34.5 Å². The van der Waals surface area contributed by atoms with Gasteiger partial charge < -0.3 is 4.90 Å². The van der Waals surface area contributed by atoms with Crippen molar-refractivity contribution in [2.75, 3.05) is 7.05 Å². The van der Waals surface area contributed by atoms with Gasteiger partial charge in [-0.25, -0.2) is 15.0 Å². The summed E-state index contributed by atoms with van der Waals surface area (Å²) in [6, 6.07) is 0.364. The molecule has 5 heteroatoms. The second-order valence-electron chi connectivity index (χ2n) is 10.9. The van der Waals surface area contributed by atoms with Gasteiger partial charge in [0.15, 0.2) is 5.82 Å². The third-order valence-corrected chi connectivity index (χ3v) is 9.81. The number of aromatic nitrogens is 3. The van der Waals surface area contributed by atoms with Crippen molar-refractivity contribution >= 4 is 12.0 Å². The smallest absolute Gasteiger partial charge is 0.246 e. The van der Waals surface area contributed by atoms with Crippen molar-refractivity contribution in [3.8, 4) is 0 Å². The first-order chi connectivity index (χ1) is 14.9. The Morgan fingerprint density at radius 1 is 1.13 bits per heavy atom. The molecule has 0 N–H and O–H groups in total. The Balaban J connectivity index is 1.44. The number of hydrogen-bond acceptors (Lipinski definition) is 4. The molecule has 1 aromatic heterocycles. The predicted molar refractivity (Wildman–Crippen MR) is 122 cm³/mol. The highest BCUT2D eigenvalue weighted by molar-refractivity contribution is 5.89. The van der Waals surface area contributed by atoms with Crippen LogP contribution >= 0.6 is 0 Å². The molecule has 3 saturated carbocycles. The van der Waals surface area contributed by atoms with E-state index in [1.807, 2.05) is 18.0 Å². The van der Waals surface area contributed by atoms with E-state index in [0.29, 0.717) is 23.3 Å². The van der Waals surface area contributed by atoms with Gasteiger partial charge in [-0.05, 0) is 86.2 Å². The average Bonchev–Trinajstić information content (AvgIpc) is 3.13. The fourth-order valence-corrected chi connectivity index (χ4v) is 8.28. The van der Waals surface area contributed by atoms with Gasteiger partial charge in [-0.15, -0.1) is 0 Å². The summed E-state index contributed by atoms with van der Waals surface area (Å²) in [6.45, 7) is 7.28. The van der Waals surface area contributed by atoms with Gasteiger partial charge in [0.2, 0.25) is 5.91 Å². The molecule has 31 heavy (non-hydrogen) atoms. The van der Waals surface area contributed by atoms with Gasteiger partial charge in [-0.2, -0.15) is 0 Å². The highest BCUT2D eigenvalue weighted by Gasteiger charge is 2.60. The van der Waals surface area contributed by atoms with Crippen molar-refractivity contribution in [3.05, 3.63) is 36.2 Å². The Kier molecular flexibility index (Phi) is 5.06. The zero-order valence-corrected chi connectivity index (χ0v) is 19.4. The quantitative estimate of drug-likeness (QED) is 0.696. The summed E-state index contributed by atoms with van der Waals surface area (Å²) in [7, 11) is 2.01. The Morgan fingerprint density at radius 3 is 2.65 bits per heavy atom. The number of carbonyl (C=O) groups excluding carboxylic acids is 1. The van der Waals surface area contributed by atoms with E-state index >= 15 is 0 Å². The summed E-state index contributed by atoms with van der Waals surface area (Å²) in [4.78, 5) is 27.0. The molecular formula is C26H36N4O. The van der Waals surface area contributed by atoms with E-state index < -0.39 is 0 Å². The first-order valence-electron chi connectivity index (χ1n) is 12.2. The number of allylic oxidation sites excluding steroid dienone is 1. The van der Waals surface area contributed by atoms with E-state index in [1.165, 1.54) is 37.7 Å². The normalized spacial score (nSPS) is 42.2. The molecule has 7 atom stereocenters. The monoisotopic (exact) mass is 420 g/mol. The molecule has 4 aliphatic rings. The largest absolute Gasteiger partial charge is 0.338 e. The molecule has 1 aliphatic heterocycles. The van der Waals surface area contributed by atoms with Crippen LogP contribution in [0.2, 0.25) is 0 Å². The molecular weight excluding hydrogens is 384 g/mol.